The molecule has 0 heterocycles. The summed E-state index contributed by atoms with van der Waals surface area (Å²) in [6.07, 6.45) is 0. The number of benzene rings is 2. The standard InChI is InChI=1S/C14H10BrN3O2/c15-9-4-5-12(8(6-9)7-16)18-14(20)10-2-1-3-11(17)13(10)19/h1-6,19H,17H2,(H,18,20). The van der Waals surface area contributed by atoms with Crippen LogP contribution < -0.4 is 11.1 Å². The lowest BCUT2D eigenvalue weighted by atomic mass is 10.1. The highest BCUT2D eigenvalue weighted by atomic mass is 79.9. The molecule has 0 spiro atoms. The summed E-state index contributed by atoms with van der Waals surface area (Å²) in [5, 5.41) is 21.4. The number of para-hydroxylation sites is 1. The molecule has 0 fully saturated rings. The van der Waals surface area contributed by atoms with E-state index in [1.54, 1.807) is 24.3 Å². The van der Waals surface area contributed by atoms with E-state index < -0.39 is 5.91 Å². The van der Waals surface area contributed by atoms with Gasteiger partial charge in [0.1, 0.15) is 6.07 Å². The maximum Gasteiger partial charge on any atom is 0.259 e. The highest BCUT2D eigenvalue weighted by Gasteiger charge is 2.14. The third kappa shape index (κ3) is 2.73. The molecule has 0 saturated carbocycles. The number of hydrogen-bond acceptors (Lipinski definition) is 4. The minimum Gasteiger partial charge on any atom is -0.505 e. The molecule has 0 radical (unpaired) electrons. The molecule has 0 unspecified atom stereocenters. The Morgan fingerprint density at radius 3 is 2.80 bits per heavy atom. The topological polar surface area (TPSA) is 99.1 Å². The van der Waals surface area contributed by atoms with Gasteiger partial charge in [0.05, 0.1) is 22.5 Å². The largest absolute Gasteiger partial charge is 0.505 e. The highest BCUT2D eigenvalue weighted by molar-refractivity contribution is 9.10. The number of nitrogens with two attached hydrogens (primary N) is 1. The van der Waals surface area contributed by atoms with Gasteiger partial charge in [-0.2, -0.15) is 5.26 Å². The van der Waals surface area contributed by atoms with Crippen LogP contribution in [0.25, 0.3) is 0 Å². The summed E-state index contributed by atoms with van der Waals surface area (Å²) in [5.41, 5.74) is 6.39. The number of carbonyl (C=O) groups is 1. The van der Waals surface area contributed by atoms with E-state index in [0.717, 1.165) is 4.47 Å². The van der Waals surface area contributed by atoms with Gasteiger partial charge in [0.2, 0.25) is 0 Å². The van der Waals surface area contributed by atoms with Crippen molar-refractivity contribution in [1.29, 1.82) is 5.26 Å². The van der Waals surface area contributed by atoms with Gasteiger partial charge in [-0.3, -0.25) is 4.79 Å². The van der Waals surface area contributed by atoms with Gasteiger partial charge in [-0.05, 0) is 30.3 Å². The van der Waals surface area contributed by atoms with Crippen LogP contribution >= 0.6 is 15.9 Å². The Kier molecular flexibility index (Phi) is 3.91. The fourth-order valence-corrected chi connectivity index (χ4v) is 2.01. The van der Waals surface area contributed by atoms with Crippen LogP contribution in [0.15, 0.2) is 40.9 Å². The van der Waals surface area contributed by atoms with Crippen LogP contribution in [0.2, 0.25) is 0 Å². The van der Waals surface area contributed by atoms with Gasteiger partial charge >= 0.3 is 0 Å². The van der Waals surface area contributed by atoms with E-state index in [-0.39, 0.29) is 17.0 Å². The van der Waals surface area contributed by atoms with E-state index >= 15 is 0 Å². The van der Waals surface area contributed by atoms with Crippen LogP contribution in [0.4, 0.5) is 11.4 Å². The number of phenolic OH excluding ortho intramolecular Hbond substituents is 1. The first-order valence-electron chi connectivity index (χ1n) is 5.61. The molecule has 0 atom stereocenters. The number of anilines is 2. The number of nitrogens with zero attached hydrogens (tertiary/aromatic N) is 1. The zero-order chi connectivity index (χ0) is 14.7. The molecule has 0 aliphatic heterocycles. The predicted molar refractivity (Wildman–Crippen MR) is 79.3 cm³/mol. The van der Waals surface area contributed by atoms with Crippen LogP contribution in [0.1, 0.15) is 15.9 Å². The fraction of sp³-hybridized carbons (Fsp3) is 0. The molecule has 5 nitrogen and oxygen atoms in total. The quantitative estimate of drug-likeness (QED) is 0.582. The molecule has 0 saturated heterocycles. The van der Waals surface area contributed by atoms with Crippen molar-refractivity contribution in [2.45, 2.75) is 0 Å². The van der Waals surface area contributed by atoms with E-state index in [2.05, 4.69) is 21.2 Å². The number of carbonyl (C=O) groups excluding carboxylic acids is 1. The lowest BCUT2D eigenvalue weighted by Crippen LogP contribution is -2.13. The second-order valence-electron chi connectivity index (χ2n) is 4.00. The van der Waals surface area contributed by atoms with Crippen LogP contribution in [-0.4, -0.2) is 11.0 Å². The summed E-state index contributed by atoms with van der Waals surface area (Å²) in [6, 6.07) is 11.4. The van der Waals surface area contributed by atoms with Crippen molar-refractivity contribution in [2.75, 3.05) is 11.1 Å². The zero-order valence-electron chi connectivity index (χ0n) is 10.2. The van der Waals surface area contributed by atoms with Gasteiger partial charge in [-0.25, -0.2) is 0 Å². The Balaban J connectivity index is 2.33. The van der Waals surface area contributed by atoms with Crippen molar-refractivity contribution >= 4 is 33.2 Å². The first-order valence-corrected chi connectivity index (χ1v) is 6.40. The third-order valence-electron chi connectivity index (χ3n) is 2.66. The SMILES string of the molecule is N#Cc1cc(Br)ccc1NC(=O)c1cccc(N)c1O. The van der Waals surface area contributed by atoms with Crippen molar-refractivity contribution in [3.8, 4) is 11.8 Å². The summed E-state index contributed by atoms with van der Waals surface area (Å²) in [4.78, 5) is 12.1. The molecule has 20 heavy (non-hydrogen) atoms. The second kappa shape index (κ2) is 5.63. The van der Waals surface area contributed by atoms with Crippen LogP contribution in [0.3, 0.4) is 0 Å². The predicted octanol–water partition coefficient (Wildman–Crippen LogP) is 2.86. The summed E-state index contributed by atoms with van der Waals surface area (Å²) in [7, 11) is 0. The first-order chi connectivity index (χ1) is 9.52. The van der Waals surface area contributed by atoms with E-state index in [9.17, 15) is 9.90 Å². The molecule has 1 amide bonds. The molecular formula is C14H10BrN3O2. The number of nitriles is 1. The molecule has 6 heteroatoms. The number of phenols is 1. The molecular weight excluding hydrogens is 322 g/mol. The minimum absolute atomic E-state index is 0.0526. The van der Waals surface area contributed by atoms with Crippen LogP contribution in [0, 0.1) is 11.3 Å². The van der Waals surface area contributed by atoms with Crippen LogP contribution in [0.5, 0.6) is 5.75 Å². The third-order valence-corrected chi connectivity index (χ3v) is 3.16. The highest BCUT2D eigenvalue weighted by Crippen LogP contribution is 2.26. The number of nitrogens with one attached hydrogen (secondary N) is 1. The van der Waals surface area contributed by atoms with Crippen molar-refractivity contribution < 1.29 is 9.90 Å². The maximum atomic E-state index is 12.1. The number of nitrogen functional groups attached to an aromatic ring is 1. The van der Waals surface area contributed by atoms with Crippen molar-refractivity contribution in [1.82, 2.24) is 0 Å². The van der Waals surface area contributed by atoms with Gasteiger partial charge in [-0.1, -0.05) is 22.0 Å². The average Bonchev–Trinajstić information content (AvgIpc) is 2.43. The number of rotatable bonds is 2. The smallest absolute Gasteiger partial charge is 0.259 e. The minimum atomic E-state index is -0.534. The van der Waals surface area contributed by atoms with E-state index in [1.807, 2.05) is 6.07 Å². The lowest BCUT2D eigenvalue weighted by molar-refractivity contribution is 0.102. The van der Waals surface area contributed by atoms with Gasteiger partial charge in [-0.15, -0.1) is 0 Å². The van der Waals surface area contributed by atoms with Crippen molar-refractivity contribution in [2.24, 2.45) is 0 Å². The maximum absolute atomic E-state index is 12.1. The van der Waals surface area contributed by atoms with Crippen LogP contribution in [-0.2, 0) is 0 Å². The second-order valence-corrected chi connectivity index (χ2v) is 4.91. The number of halogens is 1. The summed E-state index contributed by atoms with van der Waals surface area (Å²) in [6.45, 7) is 0. The molecule has 100 valence electrons. The van der Waals surface area contributed by atoms with Gasteiger partial charge < -0.3 is 16.2 Å². The van der Waals surface area contributed by atoms with E-state index in [0.29, 0.717) is 11.3 Å². The molecule has 2 aromatic rings. The Hall–Kier alpha value is -2.52. The molecule has 0 bridgehead atoms. The molecule has 0 aliphatic carbocycles. The molecule has 4 N–H and O–H groups in total. The first kappa shape index (κ1) is 13.9. The average molecular weight is 332 g/mol. The van der Waals surface area contributed by atoms with Crippen molar-refractivity contribution in [3.05, 3.63) is 52.0 Å². The van der Waals surface area contributed by atoms with E-state index in [1.165, 1.54) is 12.1 Å². The Labute approximate surface area is 123 Å². The Bertz CT molecular complexity index is 723. The molecule has 2 rings (SSSR count). The number of amides is 1. The monoisotopic (exact) mass is 331 g/mol. The lowest BCUT2D eigenvalue weighted by Gasteiger charge is -2.09. The normalized spacial score (nSPS) is 9.80. The Morgan fingerprint density at radius 2 is 2.10 bits per heavy atom. The Morgan fingerprint density at radius 1 is 1.35 bits per heavy atom. The van der Waals surface area contributed by atoms with E-state index in [4.69, 9.17) is 11.0 Å². The number of aromatic hydroxyl groups is 1. The van der Waals surface area contributed by atoms with Gasteiger partial charge in [0.15, 0.2) is 5.75 Å². The molecule has 2 aromatic carbocycles. The van der Waals surface area contributed by atoms with Gasteiger partial charge in [0.25, 0.3) is 5.91 Å². The fourth-order valence-electron chi connectivity index (χ4n) is 1.65. The summed E-state index contributed by atoms with van der Waals surface area (Å²) >= 11 is 3.25. The summed E-state index contributed by atoms with van der Waals surface area (Å²) < 4.78 is 0.735. The molecule has 0 aromatic heterocycles. The van der Waals surface area contributed by atoms with Crippen molar-refractivity contribution in [3.63, 3.8) is 0 Å². The van der Waals surface area contributed by atoms with Gasteiger partial charge in [0, 0.05) is 4.47 Å². The number of hydrogen-bond donors (Lipinski definition) is 3. The molecule has 0 aliphatic rings. The zero-order valence-corrected chi connectivity index (χ0v) is 11.8. The summed E-state index contributed by atoms with van der Waals surface area (Å²) in [5.74, 6) is -0.811.